The van der Waals surface area contributed by atoms with Crippen LogP contribution in [0, 0.1) is 11.7 Å². The normalized spacial score (nSPS) is 12.4. The predicted octanol–water partition coefficient (Wildman–Crippen LogP) is 3.64. The Kier molecular flexibility index (Phi) is 10.4. The van der Waals surface area contributed by atoms with E-state index in [1.165, 1.54) is 50.1 Å². The Morgan fingerprint density at radius 3 is 2.44 bits per heavy atom. The zero-order valence-corrected chi connectivity index (χ0v) is 17.8. The van der Waals surface area contributed by atoms with Gasteiger partial charge in [0.1, 0.15) is 5.82 Å². The van der Waals surface area contributed by atoms with E-state index in [0.29, 0.717) is 23.6 Å². The van der Waals surface area contributed by atoms with E-state index in [-0.39, 0.29) is 11.6 Å². The van der Waals surface area contributed by atoms with Crippen LogP contribution in [-0.2, 0) is 22.1 Å². The summed E-state index contributed by atoms with van der Waals surface area (Å²) in [6.45, 7) is 5.63. The summed E-state index contributed by atoms with van der Waals surface area (Å²) < 4.78 is 36.7. The molecule has 1 aromatic rings. The molecule has 0 saturated carbocycles. The maximum Gasteiger partial charge on any atom is 0.191 e. The van der Waals surface area contributed by atoms with Gasteiger partial charge in [-0.05, 0) is 35.6 Å². The van der Waals surface area contributed by atoms with Gasteiger partial charge in [-0.1, -0.05) is 45.6 Å². The quantitative estimate of drug-likeness (QED) is 0.339. The lowest BCUT2D eigenvalue weighted by Gasteiger charge is -2.14. The van der Waals surface area contributed by atoms with E-state index in [4.69, 9.17) is 0 Å². The average molecular weight is 400 g/mol. The van der Waals surface area contributed by atoms with Crippen molar-refractivity contribution in [2.45, 2.75) is 58.2 Å². The molecule has 0 radical (unpaired) electrons. The van der Waals surface area contributed by atoms with Gasteiger partial charge >= 0.3 is 0 Å². The number of nitrogens with zero attached hydrogens (tertiary/aromatic N) is 1. The van der Waals surface area contributed by atoms with E-state index in [0.717, 1.165) is 18.9 Å². The first-order chi connectivity index (χ1) is 12.7. The molecule has 7 heteroatoms. The van der Waals surface area contributed by atoms with Crippen LogP contribution in [0.2, 0.25) is 0 Å². The molecule has 0 aliphatic rings. The second kappa shape index (κ2) is 12.0. The van der Waals surface area contributed by atoms with Gasteiger partial charge in [0.15, 0.2) is 15.8 Å². The molecule has 0 aliphatic heterocycles. The van der Waals surface area contributed by atoms with Crippen LogP contribution in [0.25, 0.3) is 0 Å². The van der Waals surface area contributed by atoms with Crippen LogP contribution in [0.5, 0.6) is 0 Å². The molecule has 0 amide bonds. The van der Waals surface area contributed by atoms with Crippen LogP contribution in [0.15, 0.2) is 23.2 Å². The Balaban J connectivity index is 2.45. The van der Waals surface area contributed by atoms with Gasteiger partial charge in [-0.15, -0.1) is 0 Å². The molecular weight excluding hydrogens is 365 g/mol. The summed E-state index contributed by atoms with van der Waals surface area (Å²) >= 11 is 0. The molecule has 0 bridgehead atoms. The van der Waals surface area contributed by atoms with Crippen molar-refractivity contribution in [1.82, 2.24) is 10.6 Å². The minimum absolute atomic E-state index is 0.104. The summed E-state index contributed by atoms with van der Waals surface area (Å²) in [5, 5.41) is 6.38. The van der Waals surface area contributed by atoms with Crippen LogP contribution in [-0.4, -0.2) is 34.2 Å². The number of aliphatic imine (C=N–C) groups is 1. The first-order valence-electron chi connectivity index (χ1n) is 9.61. The Bertz CT molecular complexity index is 703. The fourth-order valence-electron chi connectivity index (χ4n) is 2.82. The van der Waals surface area contributed by atoms with Crippen molar-refractivity contribution in [3.8, 4) is 0 Å². The Morgan fingerprint density at radius 1 is 1.11 bits per heavy atom. The second-order valence-corrected chi connectivity index (χ2v) is 9.57. The van der Waals surface area contributed by atoms with Crippen molar-refractivity contribution >= 4 is 15.8 Å². The molecule has 27 heavy (non-hydrogen) atoms. The zero-order valence-electron chi connectivity index (χ0n) is 17.0. The summed E-state index contributed by atoms with van der Waals surface area (Å²) in [4.78, 5) is 4.17. The van der Waals surface area contributed by atoms with E-state index in [1.807, 2.05) is 0 Å². The van der Waals surface area contributed by atoms with Crippen LogP contribution in [0.1, 0.15) is 57.1 Å². The molecule has 1 rings (SSSR count). The van der Waals surface area contributed by atoms with E-state index in [9.17, 15) is 12.8 Å². The fourth-order valence-corrected chi connectivity index (χ4v) is 3.67. The molecule has 0 unspecified atom stereocenters. The first-order valence-corrected chi connectivity index (χ1v) is 11.7. The second-order valence-electron chi connectivity index (χ2n) is 7.43. The number of nitrogens with one attached hydrogen (secondary N) is 2. The molecule has 154 valence electrons. The van der Waals surface area contributed by atoms with Crippen molar-refractivity contribution in [2.24, 2.45) is 10.9 Å². The van der Waals surface area contributed by atoms with E-state index in [2.05, 4.69) is 29.5 Å². The molecule has 2 N–H and O–H groups in total. The fraction of sp³-hybridized carbons (Fsp3) is 0.650. The topological polar surface area (TPSA) is 70.6 Å². The maximum absolute atomic E-state index is 13.6. The standard InChI is InChI=1S/C20H34FN3O2S/c1-16(2)9-7-5-6-8-12-23-20(22-3)24-14-18-13-19(21)11-10-17(18)15-27(4,25)26/h10-11,13,16H,5-9,12,14-15H2,1-4H3,(H2,22,23,24). The van der Waals surface area contributed by atoms with Gasteiger partial charge in [-0.25, -0.2) is 12.8 Å². The molecule has 0 fully saturated rings. The summed E-state index contributed by atoms with van der Waals surface area (Å²) in [5.41, 5.74) is 1.23. The number of rotatable bonds is 11. The van der Waals surface area contributed by atoms with Gasteiger partial charge < -0.3 is 10.6 Å². The van der Waals surface area contributed by atoms with Crippen molar-refractivity contribution in [3.05, 3.63) is 35.1 Å². The highest BCUT2D eigenvalue weighted by Gasteiger charge is 2.11. The number of sulfone groups is 1. The van der Waals surface area contributed by atoms with Crippen molar-refractivity contribution in [3.63, 3.8) is 0 Å². The number of benzene rings is 1. The van der Waals surface area contributed by atoms with Crippen LogP contribution in [0.3, 0.4) is 0 Å². The van der Waals surface area contributed by atoms with E-state index >= 15 is 0 Å². The molecule has 5 nitrogen and oxygen atoms in total. The summed E-state index contributed by atoms with van der Waals surface area (Å²) in [7, 11) is -1.50. The molecular formula is C20H34FN3O2S. The van der Waals surface area contributed by atoms with E-state index in [1.54, 1.807) is 7.05 Å². The number of halogens is 1. The largest absolute Gasteiger partial charge is 0.356 e. The number of hydrogen-bond acceptors (Lipinski definition) is 3. The molecule has 0 heterocycles. The van der Waals surface area contributed by atoms with Gasteiger partial charge in [0, 0.05) is 26.4 Å². The SMILES string of the molecule is CN=C(NCCCCCCC(C)C)NCc1cc(F)ccc1CS(C)(=O)=O. The van der Waals surface area contributed by atoms with Gasteiger partial charge in [-0.3, -0.25) is 4.99 Å². The Labute approximate surface area is 163 Å². The molecule has 0 aromatic heterocycles. The highest BCUT2D eigenvalue weighted by Crippen LogP contribution is 2.14. The molecule has 1 aromatic carbocycles. The minimum atomic E-state index is -3.18. The van der Waals surface area contributed by atoms with Gasteiger partial charge in [0.05, 0.1) is 5.75 Å². The van der Waals surface area contributed by atoms with Gasteiger partial charge in [-0.2, -0.15) is 0 Å². The highest BCUT2D eigenvalue weighted by atomic mass is 32.2. The third kappa shape index (κ3) is 11.0. The molecule has 0 spiro atoms. The smallest absolute Gasteiger partial charge is 0.191 e. The zero-order chi connectivity index (χ0) is 20.3. The molecule has 0 aliphatic carbocycles. The van der Waals surface area contributed by atoms with Gasteiger partial charge in [0.25, 0.3) is 0 Å². The average Bonchev–Trinajstić information content (AvgIpc) is 2.57. The van der Waals surface area contributed by atoms with Crippen LogP contribution < -0.4 is 10.6 Å². The summed E-state index contributed by atoms with van der Waals surface area (Å²) in [6.07, 6.45) is 7.21. The third-order valence-corrected chi connectivity index (χ3v) is 5.09. The van der Waals surface area contributed by atoms with Crippen molar-refractivity contribution < 1.29 is 12.8 Å². The van der Waals surface area contributed by atoms with Crippen LogP contribution >= 0.6 is 0 Å². The molecule has 0 atom stereocenters. The lowest BCUT2D eigenvalue weighted by molar-refractivity contribution is 0.518. The van der Waals surface area contributed by atoms with Crippen molar-refractivity contribution in [2.75, 3.05) is 19.8 Å². The summed E-state index contributed by atoms with van der Waals surface area (Å²) in [6, 6.07) is 4.19. The van der Waals surface area contributed by atoms with E-state index < -0.39 is 9.84 Å². The highest BCUT2D eigenvalue weighted by molar-refractivity contribution is 7.89. The Morgan fingerprint density at radius 2 is 1.81 bits per heavy atom. The molecule has 0 saturated heterocycles. The first kappa shape index (κ1) is 23.4. The number of hydrogen-bond donors (Lipinski definition) is 2. The lowest BCUT2D eigenvalue weighted by atomic mass is 10.0. The monoisotopic (exact) mass is 399 g/mol. The number of guanidine groups is 1. The maximum atomic E-state index is 13.6. The number of unbranched alkanes of at least 4 members (excludes halogenated alkanes) is 3. The van der Waals surface area contributed by atoms with Gasteiger partial charge in [0.2, 0.25) is 0 Å². The van der Waals surface area contributed by atoms with Crippen molar-refractivity contribution in [1.29, 1.82) is 0 Å². The Hall–Kier alpha value is -1.63. The van der Waals surface area contributed by atoms with Crippen LogP contribution in [0.4, 0.5) is 4.39 Å². The third-order valence-electron chi connectivity index (χ3n) is 4.26. The lowest BCUT2D eigenvalue weighted by Crippen LogP contribution is -2.37. The minimum Gasteiger partial charge on any atom is -0.356 e. The summed E-state index contributed by atoms with van der Waals surface area (Å²) in [5.74, 6) is 0.911. The predicted molar refractivity (Wildman–Crippen MR) is 111 cm³/mol.